The van der Waals surface area contributed by atoms with Crippen LogP contribution >= 0.6 is 11.3 Å². The summed E-state index contributed by atoms with van der Waals surface area (Å²) < 4.78 is 2.24. The molecule has 0 saturated carbocycles. The third-order valence-electron chi connectivity index (χ3n) is 4.14. The number of hydrogen-bond acceptors (Lipinski definition) is 6. The number of hydrogen-bond donors (Lipinski definition) is 1. The maximum Gasteiger partial charge on any atom is 0.280 e. The molecule has 4 aromatic rings. The Bertz CT molecular complexity index is 1290. The first kappa shape index (κ1) is 17.1. The number of aromatic nitrogens is 4. The fraction of sp³-hybridized carbons (Fsp3) is 0.167. The van der Waals surface area contributed by atoms with Crippen LogP contribution in [0.4, 0.5) is 0 Å². The minimum absolute atomic E-state index is 0.259. The van der Waals surface area contributed by atoms with Gasteiger partial charge in [-0.25, -0.2) is 14.6 Å². The van der Waals surface area contributed by atoms with E-state index in [0.29, 0.717) is 21.1 Å². The summed E-state index contributed by atoms with van der Waals surface area (Å²) in [5.74, 6) is -0.525. The van der Waals surface area contributed by atoms with Gasteiger partial charge in [-0.1, -0.05) is 19.1 Å². The zero-order valence-corrected chi connectivity index (χ0v) is 15.2. The number of nitrogens with zero attached hydrogens (tertiary/aromatic N) is 4. The summed E-state index contributed by atoms with van der Waals surface area (Å²) in [6, 6.07) is 8.70. The Labute approximate surface area is 156 Å². The lowest BCUT2D eigenvalue weighted by Gasteiger charge is -2.09. The number of fused-ring (bicyclic) bond motifs is 2. The Morgan fingerprint density at radius 2 is 1.93 bits per heavy atom. The van der Waals surface area contributed by atoms with E-state index >= 15 is 0 Å². The molecule has 1 amide bonds. The van der Waals surface area contributed by atoms with Crippen LogP contribution in [0.5, 0.6) is 0 Å². The molecule has 3 aromatic heterocycles. The molecule has 0 fully saturated rings. The van der Waals surface area contributed by atoms with Crippen LogP contribution < -0.4 is 16.5 Å². The predicted molar refractivity (Wildman–Crippen MR) is 104 cm³/mol. The molecular weight excluding hydrogens is 366 g/mol. The zero-order valence-electron chi connectivity index (χ0n) is 14.4. The van der Waals surface area contributed by atoms with Gasteiger partial charge in [0.1, 0.15) is 17.7 Å². The normalized spacial score (nSPS) is 11.1. The number of benzene rings is 1. The van der Waals surface area contributed by atoms with Gasteiger partial charge in [-0.3, -0.25) is 24.4 Å². The molecule has 0 unspecified atom stereocenters. The van der Waals surface area contributed by atoms with Gasteiger partial charge < -0.3 is 0 Å². The van der Waals surface area contributed by atoms with Crippen LogP contribution in [0.25, 0.3) is 21.1 Å². The SMILES string of the molecule is CCc1cc2c(=O)n(NC(=O)Cn3cnc4ccccc4c3=O)cnc2s1. The minimum Gasteiger partial charge on any atom is -0.289 e. The lowest BCUT2D eigenvalue weighted by atomic mass is 10.2. The Morgan fingerprint density at radius 1 is 1.11 bits per heavy atom. The van der Waals surface area contributed by atoms with E-state index in [-0.39, 0.29) is 17.7 Å². The molecule has 27 heavy (non-hydrogen) atoms. The Hall–Kier alpha value is -3.33. The van der Waals surface area contributed by atoms with Crippen molar-refractivity contribution in [2.24, 2.45) is 0 Å². The average molecular weight is 381 g/mol. The summed E-state index contributed by atoms with van der Waals surface area (Å²) in [4.78, 5) is 47.4. The van der Waals surface area contributed by atoms with Crippen LogP contribution in [-0.2, 0) is 17.8 Å². The van der Waals surface area contributed by atoms with Crippen molar-refractivity contribution in [3.63, 3.8) is 0 Å². The van der Waals surface area contributed by atoms with Gasteiger partial charge in [-0.05, 0) is 24.6 Å². The maximum atomic E-state index is 12.5. The highest BCUT2D eigenvalue weighted by molar-refractivity contribution is 7.18. The van der Waals surface area contributed by atoms with Crippen molar-refractivity contribution >= 4 is 38.4 Å². The molecule has 0 spiro atoms. The molecule has 4 rings (SSSR count). The van der Waals surface area contributed by atoms with E-state index in [2.05, 4.69) is 15.4 Å². The second-order valence-electron chi connectivity index (χ2n) is 5.93. The number of aryl methyl sites for hydroxylation is 1. The summed E-state index contributed by atoms with van der Waals surface area (Å²) in [5.41, 5.74) is 2.37. The van der Waals surface area contributed by atoms with E-state index in [9.17, 15) is 14.4 Å². The van der Waals surface area contributed by atoms with Gasteiger partial charge in [0.05, 0.1) is 22.6 Å². The van der Waals surface area contributed by atoms with Crippen LogP contribution in [0.15, 0.2) is 52.6 Å². The molecule has 0 saturated heterocycles. The molecule has 3 heterocycles. The molecule has 1 N–H and O–H groups in total. The third kappa shape index (κ3) is 3.13. The largest absolute Gasteiger partial charge is 0.289 e. The van der Waals surface area contributed by atoms with Gasteiger partial charge in [0.25, 0.3) is 17.0 Å². The lowest BCUT2D eigenvalue weighted by Crippen LogP contribution is -2.36. The highest BCUT2D eigenvalue weighted by Crippen LogP contribution is 2.20. The smallest absolute Gasteiger partial charge is 0.280 e. The zero-order chi connectivity index (χ0) is 19.0. The van der Waals surface area contributed by atoms with Crippen molar-refractivity contribution in [2.75, 3.05) is 5.43 Å². The standard InChI is InChI=1S/C18H15N5O3S/c1-2-11-7-13-16(27-11)20-10-23(18(13)26)21-15(24)8-22-9-19-14-6-4-3-5-12(14)17(22)25/h3-7,9-10H,2,8H2,1H3,(H,21,24). The molecule has 0 radical (unpaired) electrons. The monoisotopic (exact) mass is 381 g/mol. The number of nitrogens with one attached hydrogen (secondary N) is 1. The summed E-state index contributed by atoms with van der Waals surface area (Å²) in [6.07, 6.45) is 3.41. The van der Waals surface area contributed by atoms with Crippen LogP contribution in [0.2, 0.25) is 0 Å². The molecule has 9 heteroatoms. The predicted octanol–water partition coefficient (Wildman–Crippen LogP) is 1.50. The van der Waals surface area contributed by atoms with Gasteiger partial charge in [0.2, 0.25) is 0 Å². The second kappa shape index (κ2) is 6.76. The summed E-state index contributed by atoms with van der Waals surface area (Å²) in [6.45, 7) is 1.74. The lowest BCUT2D eigenvalue weighted by molar-refractivity contribution is -0.117. The van der Waals surface area contributed by atoms with Gasteiger partial charge >= 0.3 is 0 Å². The first-order valence-corrected chi connectivity index (χ1v) is 9.12. The minimum atomic E-state index is -0.525. The number of carbonyl (C=O) groups is 1. The highest BCUT2D eigenvalue weighted by atomic mass is 32.1. The van der Waals surface area contributed by atoms with E-state index in [0.717, 1.165) is 16.0 Å². The van der Waals surface area contributed by atoms with E-state index in [1.165, 1.54) is 28.6 Å². The topological polar surface area (TPSA) is 98.9 Å². The van der Waals surface area contributed by atoms with Crippen molar-refractivity contribution in [3.05, 3.63) is 68.6 Å². The summed E-state index contributed by atoms with van der Waals surface area (Å²) in [7, 11) is 0. The Kier molecular flexibility index (Phi) is 4.28. The highest BCUT2D eigenvalue weighted by Gasteiger charge is 2.12. The van der Waals surface area contributed by atoms with Crippen molar-refractivity contribution < 1.29 is 4.79 Å². The fourth-order valence-electron chi connectivity index (χ4n) is 2.77. The molecule has 8 nitrogen and oxygen atoms in total. The fourth-order valence-corrected chi connectivity index (χ4v) is 3.70. The summed E-state index contributed by atoms with van der Waals surface area (Å²) >= 11 is 1.45. The van der Waals surface area contributed by atoms with Gasteiger partial charge in [-0.15, -0.1) is 11.3 Å². The van der Waals surface area contributed by atoms with Crippen LogP contribution in [0, 0.1) is 0 Å². The van der Waals surface area contributed by atoms with E-state index in [4.69, 9.17) is 0 Å². The van der Waals surface area contributed by atoms with Crippen LogP contribution in [-0.4, -0.2) is 25.1 Å². The molecule has 0 aliphatic heterocycles. The molecule has 1 aromatic carbocycles. The van der Waals surface area contributed by atoms with Gasteiger partial charge in [0.15, 0.2) is 0 Å². The van der Waals surface area contributed by atoms with Crippen molar-refractivity contribution in [1.82, 2.24) is 19.2 Å². The van der Waals surface area contributed by atoms with Crippen LogP contribution in [0.1, 0.15) is 11.8 Å². The molecule has 0 aliphatic carbocycles. The number of para-hydroxylation sites is 1. The van der Waals surface area contributed by atoms with Crippen molar-refractivity contribution in [2.45, 2.75) is 19.9 Å². The van der Waals surface area contributed by atoms with E-state index < -0.39 is 5.91 Å². The van der Waals surface area contributed by atoms with Crippen molar-refractivity contribution in [1.29, 1.82) is 0 Å². The van der Waals surface area contributed by atoms with Gasteiger partial charge in [-0.2, -0.15) is 0 Å². The molecule has 0 atom stereocenters. The van der Waals surface area contributed by atoms with Crippen LogP contribution in [0.3, 0.4) is 0 Å². The quantitative estimate of drug-likeness (QED) is 0.578. The first-order valence-electron chi connectivity index (χ1n) is 8.31. The first-order chi connectivity index (χ1) is 13.1. The molecular formula is C18H15N5O3S. The molecule has 0 aliphatic rings. The van der Waals surface area contributed by atoms with Crippen molar-refractivity contribution in [3.8, 4) is 0 Å². The maximum absolute atomic E-state index is 12.5. The second-order valence-corrected chi connectivity index (χ2v) is 7.05. The number of rotatable bonds is 4. The number of carbonyl (C=O) groups excluding carboxylic acids is 1. The van der Waals surface area contributed by atoms with Gasteiger partial charge in [0, 0.05) is 4.88 Å². The molecule has 136 valence electrons. The molecule has 0 bridgehead atoms. The number of thiophene rings is 1. The van der Waals surface area contributed by atoms with E-state index in [1.54, 1.807) is 30.3 Å². The Morgan fingerprint density at radius 3 is 2.74 bits per heavy atom. The third-order valence-corrected chi connectivity index (χ3v) is 5.33. The number of amides is 1. The summed E-state index contributed by atoms with van der Waals surface area (Å²) in [5, 5.41) is 0.891. The Balaban J connectivity index is 1.61. The average Bonchev–Trinajstić information content (AvgIpc) is 3.11. The van der Waals surface area contributed by atoms with E-state index in [1.807, 2.05) is 6.92 Å².